The smallest absolute Gasteiger partial charge is 0.123 e. The highest BCUT2D eigenvalue weighted by atomic mass is 32.1. The fourth-order valence-corrected chi connectivity index (χ4v) is 2.07. The predicted molar refractivity (Wildman–Crippen MR) is 67.0 cm³/mol. The predicted octanol–water partition coefficient (Wildman–Crippen LogP) is 1.12. The van der Waals surface area contributed by atoms with Crippen LogP contribution in [-0.2, 0) is 17.8 Å². The first kappa shape index (κ1) is 12.2. The van der Waals surface area contributed by atoms with Gasteiger partial charge in [-0.25, -0.2) is 9.97 Å². The number of aromatic nitrogens is 3. The quantitative estimate of drug-likeness (QED) is 0.750. The van der Waals surface area contributed by atoms with E-state index < -0.39 is 0 Å². The topological polar surface area (TPSA) is 52.0 Å². The molecule has 0 saturated carbocycles. The van der Waals surface area contributed by atoms with Crippen molar-refractivity contribution >= 4 is 11.3 Å². The molecule has 92 valence electrons. The van der Waals surface area contributed by atoms with Crippen molar-refractivity contribution < 1.29 is 4.74 Å². The molecule has 0 aromatic carbocycles. The summed E-state index contributed by atoms with van der Waals surface area (Å²) < 4.78 is 7.08. The lowest BCUT2D eigenvalue weighted by molar-refractivity contribution is 0.199. The Morgan fingerprint density at radius 2 is 2.41 bits per heavy atom. The first-order chi connectivity index (χ1) is 8.40. The molecule has 2 aromatic rings. The maximum absolute atomic E-state index is 4.98. The molecule has 1 N–H and O–H groups in total. The van der Waals surface area contributed by atoms with Gasteiger partial charge in [0, 0.05) is 31.4 Å². The highest BCUT2D eigenvalue weighted by Gasteiger charge is 2.03. The molecular weight excluding hydrogens is 236 g/mol. The first-order valence-electron chi connectivity index (χ1n) is 5.47. The van der Waals surface area contributed by atoms with Crippen molar-refractivity contribution in [1.82, 2.24) is 19.9 Å². The minimum Gasteiger partial charge on any atom is -0.383 e. The molecule has 6 heteroatoms. The number of nitrogens with one attached hydrogen (secondary N) is 1. The molecule has 0 bridgehead atoms. The van der Waals surface area contributed by atoms with Crippen molar-refractivity contribution in [3.05, 3.63) is 34.8 Å². The second-order valence-electron chi connectivity index (χ2n) is 3.62. The number of rotatable bonds is 7. The molecule has 0 unspecified atom stereocenters. The van der Waals surface area contributed by atoms with E-state index in [0.29, 0.717) is 6.61 Å². The van der Waals surface area contributed by atoms with Gasteiger partial charge in [0.15, 0.2) is 0 Å². The summed E-state index contributed by atoms with van der Waals surface area (Å²) in [7, 11) is 1.70. The van der Waals surface area contributed by atoms with Crippen molar-refractivity contribution in [3.63, 3.8) is 0 Å². The number of hydrogen-bond acceptors (Lipinski definition) is 5. The lowest BCUT2D eigenvalue weighted by Gasteiger charge is -2.07. The van der Waals surface area contributed by atoms with Gasteiger partial charge < -0.3 is 14.6 Å². The van der Waals surface area contributed by atoms with Gasteiger partial charge in [-0.05, 0) is 0 Å². The monoisotopic (exact) mass is 252 g/mol. The number of imidazole rings is 1. The van der Waals surface area contributed by atoms with E-state index in [1.165, 1.54) is 0 Å². The molecule has 0 aliphatic carbocycles. The highest BCUT2D eigenvalue weighted by Crippen LogP contribution is 2.06. The molecule has 0 spiro atoms. The summed E-state index contributed by atoms with van der Waals surface area (Å²) in [5, 5.41) is 5.34. The summed E-state index contributed by atoms with van der Waals surface area (Å²) in [4.78, 5) is 8.60. The number of methoxy groups -OCH3 is 1. The first-order valence-corrected chi connectivity index (χ1v) is 6.41. The lowest BCUT2D eigenvalue weighted by atomic mass is 10.4. The van der Waals surface area contributed by atoms with Crippen LogP contribution in [0.15, 0.2) is 23.3 Å². The fraction of sp³-hybridized carbons (Fsp3) is 0.455. The standard InChI is InChI=1S/C11H16N4OS/c1-16-5-3-12-6-11-13-2-4-15(11)7-10-8-17-9-14-10/h2,4,8-9,12H,3,5-7H2,1H3. The van der Waals surface area contributed by atoms with Gasteiger partial charge in [-0.3, -0.25) is 0 Å². The normalized spacial score (nSPS) is 10.9. The lowest BCUT2D eigenvalue weighted by Crippen LogP contribution is -2.21. The molecule has 0 amide bonds. The van der Waals surface area contributed by atoms with Crippen LogP contribution in [0.5, 0.6) is 0 Å². The van der Waals surface area contributed by atoms with Gasteiger partial charge in [-0.2, -0.15) is 0 Å². The molecule has 0 fully saturated rings. The van der Waals surface area contributed by atoms with Crippen molar-refractivity contribution in [2.24, 2.45) is 0 Å². The van der Waals surface area contributed by atoms with Crippen LogP contribution in [0.4, 0.5) is 0 Å². The molecule has 5 nitrogen and oxygen atoms in total. The van der Waals surface area contributed by atoms with Crippen LogP contribution >= 0.6 is 11.3 Å². The molecule has 0 atom stereocenters. The fourth-order valence-electron chi connectivity index (χ4n) is 1.52. The van der Waals surface area contributed by atoms with Crippen LogP contribution < -0.4 is 5.32 Å². The third kappa shape index (κ3) is 3.62. The number of nitrogens with zero attached hydrogens (tertiary/aromatic N) is 3. The van der Waals surface area contributed by atoms with E-state index in [4.69, 9.17) is 4.74 Å². The van der Waals surface area contributed by atoms with Gasteiger partial charge in [0.05, 0.1) is 30.9 Å². The third-order valence-corrected chi connectivity index (χ3v) is 3.02. The van der Waals surface area contributed by atoms with Gasteiger partial charge in [-0.1, -0.05) is 0 Å². The van der Waals surface area contributed by atoms with Crippen LogP contribution in [-0.4, -0.2) is 34.8 Å². The minimum absolute atomic E-state index is 0.715. The summed E-state index contributed by atoms with van der Waals surface area (Å²) in [6, 6.07) is 0. The largest absolute Gasteiger partial charge is 0.383 e. The van der Waals surface area contributed by atoms with Crippen molar-refractivity contribution in [2.75, 3.05) is 20.3 Å². The average molecular weight is 252 g/mol. The SMILES string of the molecule is COCCNCc1nccn1Cc1cscn1. The summed E-state index contributed by atoms with van der Waals surface area (Å²) in [5.41, 5.74) is 2.93. The third-order valence-electron chi connectivity index (χ3n) is 2.38. The highest BCUT2D eigenvalue weighted by molar-refractivity contribution is 7.07. The Hall–Kier alpha value is -1.24. The molecule has 17 heavy (non-hydrogen) atoms. The van der Waals surface area contributed by atoms with Crippen LogP contribution in [0.3, 0.4) is 0 Å². The van der Waals surface area contributed by atoms with Gasteiger partial charge in [-0.15, -0.1) is 11.3 Å². The Morgan fingerprint density at radius 1 is 1.47 bits per heavy atom. The molecule has 2 rings (SSSR count). The van der Waals surface area contributed by atoms with Gasteiger partial charge in [0.1, 0.15) is 5.82 Å². The molecule has 0 radical (unpaired) electrons. The van der Waals surface area contributed by atoms with Crippen molar-refractivity contribution in [3.8, 4) is 0 Å². The minimum atomic E-state index is 0.715. The molecule has 0 saturated heterocycles. The van der Waals surface area contributed by atoms with E-state index in [2.05, 4.69) is 25.2 Å². The second kappa shape index (κ2) is 6.48. The number of thiazole rings is 1. The van der Waals surface area contributed by atoms with E-state index in [0.717, 1.165) is 31.2 Å². The van der Waals surface area contributed by atoms with E-state index in [-0.39, 0.29) is 0 Å². The molecular formula is C11H16N4OS. The van der Waals surface area contributed by atoms with E-state index in [1.54, 1.807) is 18.4 Å². The Labute approximate surface area is 104 Å². The molecule has 2 aromatic heterocycles. The number of ether oxygens (including phenoxy) is 1. The molecule has 2 heterocycles. The molecule has 0 aliphatic rings. The summed E-state index contributed by atoms with van der Waals surface area (Å²) in [6.07, 6.45) is 3.80. The zero-order chi connectivity index (χ0) is 11.9. The van der Waals surface area contributed by atoms with E-state index in [9.17, 15) is 0 Å². The van der Waals surface area contributed by atoms with E-state index >= 15 is 0 Å². The zero-order valence-corrected chi connectivity index (χ0v) is 10.6. The van der Waals surface area contributed by atoms with Gasteiger partial charge >= 0.3 is 0 Å². The second-order valence-corrected chi connectivity index (χ2v) is 4.34. The Bertz CT molecular complexity index is 426. The Balaban J connectivity index is 1.88. The number of hydrogen-bond donors (Lipinski definition) is 1. The van der Waals surface area contributed by atoms with E-state index in [1.807, 2.05) is 17.9 Å². The van der Waals surface area contributed by atoms with Crippen molar-refractivity contribution in [2.45, 2.75) is 13.1 Å². The summed E-state index contributed by atoms with van der Waals surface area (Å²) in [6.45, 7) is 3.08. The van der Waals surface area contributed by atoms with Crippen molar-refractivity contribution in [1.29, 1.82) is 0 Å². The zero-order valence-electron chi connectivity index (χ0n) is 9.80. The molecule has 0 aliphatic heterocycles. The maximum atomic E-state index is 4.98. The summed E-state index contributed by atoms with van der Waals surface area (Å²) >= 11 is 1.61. The summed E-state index contributed by atoms with van der Waals surface area (Å²) in [5.74, 6) is 1.02. The van der Waals surface area contributed by atoms with Crippen LogP contribution in [0.2, 0.25) is 0 Å². The van der Waals surface area contributed by atoms with Crippen LogP contribution in [0.1, 0.15) is 11.5 Å². The maximum Gasteiger partial charge on any atom is 0.123 e. The van der Waals surface area contributed by atoms with Gasteiger partial charge in [0.2, 0.25) is 0 Å². The average Bonchev–Trinajstić information content (AvgIpc) is 2.97. The van der Waals surface area contributed by atoms with Crippen LogP contribution in [0, 0.1) is 0 Å². The Kier molecular flexibility index (Phi) is 4.66. The van der Waals surface area contributed by atoms with Gasteiger partial charge in [0.25, 0.3) is 0 Å². The Morgan fingerprint density at radius 3 is 3.18 bits per heavy atom. The van der Waals surface area contributed by atoms with Crippen LogP contribution in [0.25, 0.3) is 0 Å².